The van der Waals surface area contributed by atoms with Gasteiger partial charge in [-0.1, -0.05) is 25.4 Å². The Morgan fingerprint density at radius 3 is 2.56 bits per heavy atom. The van der Waals surface area contributed by atoms with Crippen LogP contribution in [0.25, 0.3) is 11.0 Å². The first-order chi connectivity index (χ1) is 7.49. The Kier molecular flexibility index (Phi) is 2.96. The summed E-state index contributed by atoms with van der Waals surface area (Å²) in [5, 5.41) is 1.76. The highest BCUT2D eigenvalue weighted by Crippen LogP contribution is 2.30. The standard InChI is InChI=1S/C13H16ClNO/c1-7(2)12(15)11-6-9-5-10(14)4-8(3)13(9)16-11/h4-7,12H,15H2,1-3H3/t12-/m0/s1. The van der Waals surface area contributed by atoms with Gasteiger partial charge in [0.05, 0.1) is 6.04 Å². The Bertz CT molecular complexity index is 516. The first-order valence-electron chi connectivity index (χ1n) is 5.44. The molecule has 3 heteroatoms. The summed E-state index contributed by atoms with van der Waals surface area (Å²) in [6, 6.07) is 5.73. The molecule has 0 aliphatic heterocycles. The van der Waals surface area contributed by atoms with Crippen molar-refractivity contribution in [2.45, 2.75) is 26.8 Å². The molecule has 0 unspecified atom stereocenters. The average molecular weight is 238 g/mol. The van der Waals surface area contributed by atoms with E-state index in [9.17, 15) is 0 Å². The number of hydrogen-bond acceptors (Lipinski definition) is 2. The summed E-state index contributed by atoms with van der Waals surface area (Å²) < 4.78 is 5.79. The summed E-state index contributed by atoms with van der Waals surface area (Å²) in [6.07, 6.45) is 0. The smallest absolute Gasteiger partial charge is 0.137 e. The van der Waals surface area contributed by atoms with Crippen LogP contribution < -0.4 is 5.73 Å². The van der Waals surface area contributed by atoms with Crippen LogP contribution in [0, 0.1) is 12.8 Å². The lowest BCUT2D eigenvalue weighted by molar-refractivity contribution is 0.418. The summed E-state index contributed by atoms with van der Waals surface area (Å²) >= 11 is 6.00. The van der Waals surface area contributed by atoms with Crippen molar-refractivity contribution in [3.8, 4) is 0 Å². The van der Waals surface area contributed by atoms with Gasteiger partial charge in [0.25, 0.3) is 0 Å². The molecule has 0 spiro atoms. The van der Waals surface area contributed by atoms with Crippen LogP contribution in [0.5, 0.6) is 0 Å². The van der Waals surface area contributed by atoms with Crippen molar-refractivity contribution in [1.29, 1.82) is 0 Å². The maximum atomic E-state index is 6.06. The zero-order valence-corrected chi connectivity index (χ0v) is 10.5. The van der Waals surface area contributed by atoms with E-state index in [0.29, 0.717) is 5.92 Å². The predicted octanol–water partition coefficient (Wildman–Crippen LogP) is 4.05. The minimum atomic E-state index is -0.0643. The second-order valence-corrected chi connectivity index (χ2v) is 5.00. The highest BCUT2D eigenvalue weighted by atomic mass is 35.5. The number of nitrogens with two attached hydrogens (primary N) is 1. The molecule has 1 heterocycles. The fraction of sp³-hybridized carbons (Fsp3) is 0.385. The summed E-state index contributed by atoms with van der Waals surface area (Å²) in [4.78, 5) is 0. The number of aryl methyl sites for hydroxylation is 1. The molecular weight excluding hydrogens is 222 g/mol. The van der Waals surface area contributed by atoms with Crippen molar-refractivity contribution in [3.63, 3.8) is 0 Å². The highest BCUT2D eigenvalue weighted by Gasteiger charge is 2.16. The minimum Gasteiger partial charge on any atom is -0.459 e. The molecule has 1 aromatic carbocycles. The van der Waals surface area contributed by atoms with Gasteiger partial charge in [0.2, 0.25) is 0 Å². The Balaban J connectivity index is 2.56. The van der Waals surface area contributed by atoms with E-state index in [0.717, 1.165) is 27.3 Å². The lowest BCUT2D eigenvalue weighted by atomic mass is 10.0. The normalized spacial score (nSPS) is 13.6. The summed E-state index contributed by atoms with van der Waals surface area (Å²) in [5.41, 5.74) is 7.99. The maximum absolute atomic E-state index is 6.06. The molecule has 86 valence electrons. The van der Waals surface area contributed by atoms with Crippen LogP contribution in [0.3, 0.4) is 0 Å². The van der Waals surface area contributed by atoms with E-state index in [4.69, 9.17) is 21.8 Å². The first-order valence-corrected chi connectivity index (χ1v) is 5.82. The predicted molar refractivity (Wildman–Crippen MR) is 67.7 cm³/mol. The molecule has 0 saturated heterocycles. The van der Waals surface area contributed by atoms with Crippen molar-refractivity contribution >= 4 is 22.6 Å². The third kappa shape index (κ3) is 1.95. The van der Waals surface area contributed by atoms with Crippen LogP contribution in [0.1, 0.15) is 31.2 Å². The van der Waals surface area contributed by atoms with Crippen molar-refractivity contribution in [2.75, 3.05) is 0 Å². The van der Waals surface area contributed by atoms with Gasteiger partial charge in [-0.3, -0.25) is 0 Å². The van der Waals surface area contributed by atoms with E-state index in [1.54, 1.807) is 0 Å². The highest BCUT2D eigenvalue weighted by molar-refractivity contribution is 6.31. The number of benzene rings is 1. The van der Waals surface area contributed by atoms with E-state index in [2.05, 4.69) is 13.8 Å². The molecule has 2 aromatic rings. The lowest BCUT2D eigenvalue weighted by Gasteiger charge is -2.11. The van der Waals surface area contributed by atoms with E-state index in [1.165, 1.54) is 0 Å². The third-order valence-corrected chi connectivity index (χ3v) is 3.05. The lowest BCUT2D eigenvalue weighted by Crippen LogP contribution is -2.15. The second kappa shape index (κ2) is 4.11. The average Bonchev–Trinajstić information content (AvgIpc) is 2.60. The second-order valence-electron chi connectivity index (χ2n) is 4.56. The summed E-state index contributed by atoms with van der Waals surface area (Å²) in [5.74, 6) is 1.19. The Morgan fingerprint density at radius 1 is 1.25 bits per heavy atom. The fourth-order valence-corrected chi connectivity index (χ4v) is 2.08. The van der Waals surface area contributed by atoms with Crippen molar-refractivity contribution in [1.82, 2.24) is 0 Å². The summed E-state index contributed by atoms with van der Waals surface area (Å²) in [7, 11) is 0. The number of furan rings is 1. The minimum absolute atomic E-state index is 0.0643. The largest absolute Gasteiger partial charge is 0.459 e. The van der Waals surface area contributed by atoms with Crippen molar-refractivity contribution in [2.24, 2.45) is 11.7 Å². The zero-order valence-electron chi connectivity index (χ0n) is 9.75. The van der Waals surface area contributed by atoms with Crippen LogP contribution in [0.4, 0.5) is 0 Å². The molecule has 0 radical (unpaired) electrons. The van der Waals surface area contributed by atoms with Gasteiger partial charge in [0, 0.05) is 10.4 Å². The van der Waals surface area contributed by atoms with Crippen LogP contribution in [-0.2, 0) is 0 Å². The molecule has 0 bridgehead atoms. The Hall–Kier alpha value is -0.990. The molecular formula is C13H16ClNO. The van der Waals surface area contributed by atoms with Gasteiger partial charge in [-0.15, -0.1) is 0 Å². The molecule has 0 amide bonds. The number of rotatable bonds is 2. The molecule has 2 N–H and O–H groups in total. The molecule has 0 saturated carbocycles. The van der Waals surface area contributed by atoms with Gasteiger partial charge in [0.1, 0.15) is 11.3 Å². The van der Waals surface area contributed by atoms with Gasteiger partial charge in [0.15, 0.2) is 0 Å². The van der Waals surface area contributed by atoms with Gasteiger partial charge in [-0.25, -0.2) is 0 Å². The van der Waals surface area contributed by atoms with Gasteiger partial charge >= 0.3 is 0 Å². The quantitative estimate of drug-likeness (QED) is 0.856. The number of hydrogen-bond donors (Lipinski definition) is 1. The molecule has 16 heavy (non-hydrogen) atoms. The maximum Gasteiger partial charge on any atom is 0.137 e. The van der Waals surface area contributed by atoms with Crippen LogP contribution in [0.15, 0.2) is 22.6 Å². The SMILES string of the molecule is Cc1cc(Cl)cc2cc([C@@H](N)C(C)C)oc12. The van der Waals surface area contributed by atoms with Gasteiger partial charge in [-0.2, -0.15) is 0 Å². The topological polar surface area (TPSA) is 39.2 Å². The van der Waals surface area contributed by atoms with Gasteiger partial charge < -0.3 is 10.2 Å². The number of fused-ring (bicyclic) bond motifs is 1. The first kappa shape index (κ1) is 11.5. The summed E-state index contributed by atoms with van der Waals surface area (Å²) in [6.45, 7) is 6.15. The van der Waals surface area contributed by atoms with Crippen LogP contribution in [0.2, 0.25) is 5.02 Å². The zero-order chi connectivity index (χ0) is 11.9. The Labute approximate surface area is 100 Å². The fourth-order valence-electron chi connectivity index (χ4n) is 1.80. The molecule has 1 aromatic heterocycles. The van der Waals surface area contributed by atoms with E-state index in [1.807, 2.05) is 25.1 Å². The van der Waals surface area contributed by atoms with Gasteiger partial charge in [-0.05, 0) is 36.6 Å². The Morgan fingerprint density at radius 2 is 1.94 bits per heavy atom. The van der Waals surface area contributed by atoms with Crippen LogP contribution in [-0.4, -0.2) is 0 Å². The molecule has 1 atom stereocenters. The number of halogens is 1. The molecule has 0 aliphatic rings. The monoisotopic (exact) mass is 237 g/mol. The molecule has 2 rings (SSSR count). The van der Waals surface area contributed by atoms with Crippen molar-refractivity contribution < 1.29 is 4.42 Å². The van der Waals surface area contributed by atoms with Crippen LogP contribution >= 0.6 is 11.6 Å². The molecule has 0 aliphatic carbocycles. The van der Waals surface area contributed by atoms with E-state index >= 15 is 0 Å². The third-order valence-electron chi connectivity index (χ3n) is 2.83. The molecule has 2 nitrogen and oxygen atoms in total. The van der Waals surface area contributed by atoms with E-state index < -0.39 is 0 Å². The molecule has 0 fully saturated rings. The van der Waals surface area contributed by atoms with Crippen molar-refractivity contribution in [3.05, 3.63) is 34.5 Å². The van der Waals surface area contributed by atoms with E-state index in [-0.39, 0.29) is 6.04 Å².